The van der Waals surface area contributed by atoms with Gasteiger partial charge in [0.25, 0.3) is 0 Å². The van der Waals surface area contributed by atoms with Crippen LogP contribution in [0.2, 0.25) is 5.02 Å². The van der Waals surface area contributed by atoms with Crippen molar-refractivity contribution < 1.29 is 27.5 Å². The Balaban J connectivity index is 2.87. The minimum Gasteiger partial charge on any atom is -0.461 e. The van der Waals surface area contributed by atoms with Crippen LogP contribution in [0.3, 0.4) is 0 Å². The van der Waals surface area contributed by atoms with Gasteiger partial charge < -0.3 is 4.74 Å². The number of benzene rings is 1. The van der Waals surface area contributed by atoms with Crippen molar-refractivity contribution in [2.45, 2.75) is 19.3 Å². The lowest BCUT2D eigenvalue weighted by Crippen LogP contribution is -2.40. The monoisotopic (exact) mass is 294 g/mol. The number of hydrogen-bond acceptors (Lipinski definition) is 3. The van der Waals surface area contributed by atoms with E-state index in [4.69, 9.17) is 11.6 Å². The molecule has 0 aliphatic rings. The maximum Gasteiger partial charge on any atom is 0.400 e. The average molecular weight is 295 g/mol. The zero-order valence-corrected chi connectivity index (χ0v) is 10.6. The number of halogens is 4. The summed E-state index contributed by atoms with van der Waals surface area (Å²) in [6.45, 7) is 1.08. The summed E-state index contributed by atoms with van der Waals surface area (Å²) in [4.78, 5) is 22.3. The molecule has 0 aliphatic carbocycles. The molecule has 0 aliphatic heterocycles. The van der Waals surface area contributed by atoms with Crippen molar-refractivity contribution in [3.8, 4) is 0 Å². The summed E-state index contributed by atoms with van der Waals surface area (Å²) >= 11 is 5.61. The molecule has 0 spiro atoms. The molecule has 0 fully saturated rings. The predicted molar refractivity (Wildman–Crippen MR) is 61.7 cm³/mol. The molecule has 0 unspecified atom stereocenters. The first kappa shape index (κ1) is 15.5. The van der Waals surface area contributed by atoms with Crippen molar-refractivity contribution in [1.82, 2.24) is 0 Å². The first-order valence-electron chi connectivity index (χ1n) is 5.31. The molecular weight excluding hydrogens is 285 g/mol. The van der Waals surface area contributed by atoms with Crippen molar-refractivity contribution in [3.63, 3.8) is 0 Å². The van der Waals surface area contributed by atoms with Crippen LogP contribution in [0.15, 0.2) is 18.2 Å². The minimum atomic E-state index is -4.24. The third-order valence-electron chi connectivity index (χ3n) is 2.25. The molecule has 7 heteroatoms. The Labute approximate surface area is 112 Å². The van der Waals surface area contributed by atoms with Crippen LogP contribution >= 0.6 is 11.6 Å². The summed E-state index contributed by atoms with van der Waals surface area (Å²) in [7, 11) is 0. The van der Waals surface area contributed by atoms with E-state index in [0.717, 1.165) is 18.2 Å². The molecule has 0 aromatic heterocycles. The number of carbonyl (C=O) groups is 2. The Hall–Kier alpha value is -1.56. The maximum absolute atomic E-state index is 13.4. The van der Waals surface area contributed by atoms with Crippen LogP contribution in [0.5, 0.6) is 0 Å². The van der Waals surface area contributed by atoms with Gasteiger partial charge in [-0.2, -0.15) is 8.78 Å². The van der Waals surface area contributed by atoms with E-state index in [-0.39, 0.29) is 17.2 Å². The van der Waals surface area contributed by atoms with Crippen LogP contribution in [-0.4, -0.2) is 24.3 Å². The lowest BCUT2D eigenvalue weighted by atomic mass is 10.0. The topological polar surface area (TPSA) is 43.4 Å². The third-order valence-corrected chi connectivity index (χ3v) is 2.60. The number of ketones is 1. The molecule has 1 aromatic carbocycles. The number of rotatable bonds is 5. The van der Waals surface area contributed by atoms with Gasteiger partial charge in [0, 0.05) is 11.4 Å². The quantitative estimate of drug-likeness (QED) is 0.619. The third kappa shape index (κ3) is 3.70. The molecule has 0 heterocycles. The van der Waals surface area contributed by atoms with Gasteiger partial charge in [-0.1, -0.05) is 17.7 Å². The molecule has 1 aromatic rings. The van der Waals surface area contributed by atoms with Gasteiger partial charge in [-0.25, -0.2) is 9.18 Å². The standard InChI is InChI=1S/C12H10ClF3O3/c1-2-19-11(18)12(15,16)10(17)5-7-3-4-8(14)6-9(7)13/h3-4,6H,2,5H2,1H3. The Bertz CT molecular complexity index is 503. The zero-order chi connectivity index (χ0) is 14.6. The summed E-state index contributed by atoms with van der Waals surface area (Å²) in [6.07, 6.45) is -0.787. The van der Waals surface area contributed by atoms with Crippen molar-refractivity contribution >= 4 is 23.4 Å². The second-order valence-corrected chi connectivity index (χ2v) is 4.04. The second kappa shape index (κ2) is 6.06. The summed E-state index contributed by atoms with van der Waals surface area (Å²) in [5.41, 5.74) is 0.0111. The highest BCUT2D eigenvalue weighted by atomic mass is 35.5. The molecular formula is C12H10ClF3O3. The molecule has 0 saturated heterocycles. The van der Waals surface area contributed by atoms with Gasteiger partial charge in [-0.3, -0.25) is 4.79 Å². The van der Waals surface area contributed by atoms with E-state index >= 15 is 0 Å². The van der Waals surface area contributed by atoms with Crippen LogP contribution < -0.4 is 0 Å². The Morgan fingerprint density at radius 2 is 2.00 bits per heavy atom. The normalized spacial score (nSPS) is 11.2. The lowest BCUT2D eigenvalue weighted by Gasteiger charge is -2.13. The van der Waals surface area contributed by atoms with E-state index < -0.39 is 29.9 Å². The smallest absolute Gasteiger partial charge is 0.400 e. The van der Waals surface area contributed by atoms with Crippen molar-refractivity contribution in [2.24, 2.45) is 0 Å². The van der Waals surface area contributed by atoms with Gasteiger partial charge in [0.2, 0.25) is 5.78 Å². The van der Waals surface area contributed by atoms with Gasteiger partial charge in [0.1, 0.15) is 5.82 Å². The highest BCUT2D eigenvalue weighted by Gasteiger charge is 2.48. The fourth-order valence-electron chi connectivity index (χ4n) is 1.28. The molecule has 1 rings (SSSR count). The maximum atomic E-state index is 13.4. The molecule has 0 atom stereocenters. The SMILES string of the molecule is CCOC(=O)C(F)(F)C(=O)Cc1ccc(F)cc1Cl. The molecule has 0 saturated carbocycles. The Kier molecular flexibility index (Phi) is 4.94. The number of hydrogen-bond donors (Lipinski definition) is 0. The predicted octanol–water partition coefficient (Wildman–Crippen LogP) is 2.79. The van der Waals surface area contributed by atoms with E-state index in [1.807, 2.05) is 0 Å². The number of Topliss-reactive ketones (excluding diaryl/α,β-unsaturated/α-hetero) is 1. The highest BCUT2D eigenvalue weighted by molar-refractivity contribution is 6.31. The van der Waals surface area contributed by atoms with E-state index in [9.17, 15) is 22.8 Å². The van der Waals surface area contributed by atoms with Gasteiger partial charge >= 0.3 is 11.9 Å². The molecule has 19 heavy (non-hydrogen) atoms. The molecule has 104 valence electrons. The van der Waals surface area contributed by atoms with Crippen LogP contribution in [0.25, 0.3) is 0 Å². The fraction of sp³-hybridized carbons (Fsp3) is 0.333. The van der Waals surface area contributed by atoms with Gasteiger partial charge in [-0.15, -0.1) is 0 Å². The van der Waals surface area contributed by atoms with Crippen molar-refractivity contribution in [2.75, 3.05) is 6.61 Å². The second-order valence-electron chi connectivity index (χ2n) is 3.63. The van der Waals surface area contributed by atoms with E-state index in [1.54, 1.807) is 0 Å². The highest BCUT2D eigenvalue weighted by Crippen LogP contribution is 2.23. The van der Waals surface area contributed by atoms with Crippen LogP contribution in [0.4, 0.5) is 13.2 Å². The average Bonchev–Trinajstić information content (AvgIpc) is 2.32. The van der Waals surface area contributed by atoms with Gasteiger partial charge in [-0.05, 0) is 24.6 Å². The number of esters is 1. The number of ether oxygens (including phenoxy) is 1. The largest absolute Gasteiger partial charge is 0.461 e. The number of alkyl halides is 2. The van der Waals surface area contributed by atoms with Crippen LogP contribution in [-0.2, 0) is 20.7 Å². The molecule has 0 bridgehead atoms. The molecule has 3 nitrogen and oxygen atoms in total. The lowest BCUT2D eigenvalue weighted by molar-refractivity contribution is -0.176. The summed E-state index contributed by atoms with van der Waals surface area (Å²) < 4.78 is 43.6. The first-order valence-corrected chi connectivity index (χ1v) is 5.69. The van der Waals surface area contributed by atoms with Crippen molar-refractivity contribution in [3.05, 3.63) is 34.6 Å². The van der Waals surface area contributed by atoms with Gasteiger partial charge in [0.05, 0.1) is 6.61 Å². The summed E-state index contributed by atoms with van der Waals surface area (Å²) in [6, 6.07) is 2.99. The minimum absolute atomic E-state index is 0.0111. The van der Waals surface area contributed by atoms with E-state index in [1.165, 1.54) is 6.92 Å². The van der Waals surface area contributed by atoms with E-state index in [2.05, 4.69) is 4.74 Å². The molecule has 0 radical (unpaired) electrons. The van der Waals surface area contributed by atoms with Crippen LogP contribution in [0.1, 0.15) is 12.5 Å². The van der Waals surface area contributed by atoms with E-state index in [0.29, 0.717) is 0 Å². The molecule has 0 N–H and O–H groups in total. The fourth-order valence-corrected chi connectivity index (χ4v) is 1.52. The first-order chi connectivity index (χ1) is 8.78. The zero-order valence-electron chi connectivity index (χ0n) is 9.88. The van der Waals surface area contributed by atoms with Gasteiger partial charge in [0.15, 0.2) is 0 Å². The molecule has 0 amide bonds. The Morgan fingerprint density at radius 3 is 2.53 bits per heavy atom. The number of carbonyl (C=O) groups excluding carboxylic acids is 2. The summed E-state index contributed by atoms with van der Waals surface area (Å²) in [5, 5.41) is -0.159. The summed E-state index contributed by atoms with van der Waals surface area (Å²) in [5.74, 6) is -8.45. The van der Waals surface area contributed by atoms with Crippen LogP contribution in [0, 0.1) is 5.82 Å². The Morgan fingerprint density at radius 1 is 1.37 bits per heavy atom. The van der Waals surface area contributed by atoms with Crippen molar-refractivity contribution in [1.29, 1.82) is 0 Å².